The van der Waals surface area contributed by atoms with Gasteiger partial charge < -0.3 is 15.5 Å². The lowest BCUT2D eigenvalue weighted by atomic mass is 9.90. The minimum atomic E-state index is 0.216. The molecule has 3 aliphatic heterocycles. The number of piperidine rings is 2. The van der Waals surface area contributed by atoms with Gasteiger partial charge in [-0.2, -0.15) is 0 Å². The number of anilines is 1. The van der Waals surface area contributed by atoms with Gasteiger partial charge in [0.05, 0.1) is 0 Å². The summed E-state index contributed by atoms with van der Waals surface area (Å²) in [6.45, 7) is 4.11. The fourth-order valence-corrected chi connectivity index (χ4v) is 3.35. The van der Waals surface area contributed by atoms with E-state index in [2.05, 4.69) is 29.2 Å². The highest BCUT2D eigenvalue weighted by Crippen LogP contribution is 2.32. The molecule has 3 aliphatic rings. The largest absolute Gasteiger partial charge is 0.365 e. The molecule has 1 aromatic carbocycles. The van der Waals surface area contributed by atoms with Crippen LogP contribution in [0.15, 0.2) is 24.3 Å². The van der Waals surface area contributed by atoms with Crippen molar-refractivity contribution in [3.05, 3.63) is 29.8 Å². The van der Waals surface area contributed by atoms with Crippen LogP contribution in [0.5, 0.6) is 0 Å². The minimum Gasteiger partial charge on any atom is -0.365 e. The Morgan fingerprint density at radius 3 is 2.42 bits per heavy atom. The lowest BCUT2D eigenvalue weighted by molar-refractivity contribution is -0.133. The van der Waals surface area contributed by atoms with Crippen molar-refractivity contribution in [2.75, 3.05) is 18.0 Å². The molecule has 19 heavy (non-hydrogen) atoms. The second-order valence-electron chi connectivity index (χ2n) is 5.58. The van der Waals surface area contributed by atoms with Crippen LogP contribution in [-0.4, -0.2) is 36.0 Å². The Bertz CT molecular complexity index is 471. The number of benzene rings is 1. The van der Waals surface area contributed by atoms with Crippen LogP contribution in [0.25, 0.3) is 0 Å². The molecule has 4 nitrogen and oxygen atoms in total. The van der Waals surface area contributed by atoms with E-state index >= 15 is 0 Å². The van der Waals surface area contributed by atoms with Crippen molar-refractivity contribution in [2.45, 2.75) is 38.4 Å². The molecule has 2 atom stereocenters. The summed E-state index contributed by atoms with van der Waals surface area (Å²) >= 11 is 0. The van der Waals surface area contributed by atoms with E-state index in [9.17, 15) is 4.79 Å². The number of carbonyl (C=O) groups excluding carboxylic acids is 1. The molecule has 0 spiro atoms. The zero-order chi connectivity index (χ0) is 13.4. The summed E-state index contributed by atoms with van der Waals surface area (Å²) in [6.07, 6.45) is 2.33. The van der Waals surface area contributed by atoms with Crippen molar-refractivity contribution in [1.29, 1.82) is 0 Å². The zero-order valence-corrected chi connectivity index (χ0v) is 11.4. The quantitative estimate of drug-likeness (QED) is 0.872. The van der Waals surface area contributed by atoms with E-state index < -0.39 is 0 Å². The number of hydrogen-bond acceptors (Lipinski definition) is 3. The number of carbonyl (C=O) groups is 1. The molecule has 2 bridgehead atoms. The summed E-state index contributed by atoms with van der Waals surface area (Å²) in [7, 11) is 0. The van der Waals surface area contributed by atoms with Gasteiger partial charge in [-0.25, -0.2) is 0 Å². The number of nitrogens with two attached hydrogens (primary N) is 1. The Morgan fingerprint density at radius 1 is 1.21 bits per heavy atom. The Morgan fingerprint density at radius 2 is 1.89 bits per heavy atom. The third kappa shape index (κ3) is 2.21. The summed E-state index contributed by atoms with van der Waals surface area (Å²) in [6, 6.07) is 9.36. The lowest BCUT2D eigenvalue weighted by Gasteiger charge is -2.52. The molecule has 4 rings (SSSR count). The van der Waals surface area contributed by atoms with Crippen molar-refractivity contribution in [3.8, 4) is 0 Å². The molecule has 1 aromatic rings. The molecular weight excluding hydrogens is 238 g/mol. The average molecular weight is 259 g/mol. The molecule has 3 fully saturated rings. The smallest absolute Gasteiger partial charge is 0.219 e. The van der Waals surface area contributed by atoms with E-state index in [1.165, 1.54) is 12.1 Å². The fraction of sp³-hybridized carbons (Fsp3) is 0.533. The number of nitrogens with zero attached hydrogens (tertiary/aromatic N) is 2. The summed E-state index contributed by atoms with van der Waals surface area (Å²) in [5.74, 6) is 0.216. The Labute approximate surface area is 114 Å². The first-order chi connectivity index (χ1) is 9.19. The van der Waals surface area contributed by atoms with E-state index in [1.807, 2.05) is 4.90 Å². The summed E-state index contributed by atoms with van der Waals surface area (Å²) < 4.78 is 0. The standard InChI is InChI=1S/C15H21N3O/c1-11(19)17-9-15-7-6-14(17)10-18(15)13-4-2-12(8-16)3-5-13/h2-5,14-15H,6-10,16H2,1H3. The van der Waals surface area contributed by atoms with Gasteiger partial charge in [0, 0.05) is 44.3 Å². The minimum absolute atomic E-state index is 0.216. The number of piperazine rings is 1. The summed E-state index contributed by atoms with van der Waals surface area (Å²) in [5, 5.41) is 0. The Kier molecular flexibility index (Phi) is 3.19. The van der Waals surface area contributed by atoms with Crippen LogP contribution in [0.4, 0.5) is 5.69 Å². The second-order valence-corrected chi connectivity index (χ2v) is 5.58. The van der Waals surface area contributed by atoms with Crippen LogP contribution in [0.2, 0.25) is 0 Å². The van der Waals surface area contributed by atoms with Gasteiger partial charge in [-0.1, -0.05) is 12.1 Å². The van der Waals surface area contributed by atoms with Crippen LogP contribution in [0.1, 0.15) is 25.3 Å². The normalized spacial score (nSPS) is 25.8. The van der Waals surface area contributed by atoms with Gasteiger partial charge in [0.2, 0.25) is 5.91 Å². The molecular formula is C15H21N3O. The highest BCUT2D eigenvalue weighted by molar-refractivity contribution is 5.74. The first kappa shape index (κ1) is 12.5. The van der Waals surface area contributed by atoms with E-state index in [4.69, 9.17) is 5.73 Å². The SMILES string of the molecule is CC(=O)N1CC2CCC1CN2c1ccc(CN)cc1. The first-order valence-corrected chi connectivity index (χ1v) is 7.02. The molecule has 2 unspecified atom stereocenters. The van der Waals surface area contributed by atoms with Crippen molar-refractivity contribution in [3.63, 3.8) is 0 Å². The molecule has 1 amide bonds. The maximum absolute atomic E-state index is 11.6. The van der Waals surface area contributed by atoms with Gasteiger partial charge in [0.1, 0.15) is 0 Å². The van der Waals surface area contributed by atoms with Gasteiger partial charge in [-0.05, 0) is 30.5 Å². The summed E-state index contributed by atoms with van der Waals surface area (Å²) in [4.78, 5) is 16.1. The highest BCUT2D eigenvalue weighted by atomic mass is 16.2. The molecule has 0 radical (unpaired) electrons. The first-order valence-electron chi connectivity index (χ1n) is 7.02. The summed E-state index contributed by atoms with van der Waals surface area (Å²) in [5.41, 5.74) is 8.06. The topological polar surface area (TPSA) is 49.6 Å². The van der Waals surface area contributed by atoms with Crippen molar-refractivity contribution in [1.82, 2.24) is 4.90 Å². The van der Waals surface area contributed by atoms with Crippen molar-refractivity contribution >= 4 is 11.6 Å². The lowest BCUT2D eigenvalue weighted by Crippen LogP contribution is -2.63. The predicted octanol–water partition coefficient (Wildman–Crippen LogP) is 1.34. The van der Waals surface area contributed by atoms with E-state index in [0.717, 1.165) is 25.1 Å². The van der Waals surface area contributed by atoms with Gasteiger partial charge >= 0.3 is 0 Å². The van der Waals surface area contributed by atoms with Crippen LogP contribution in [-0.2, 0) is 11.3 Å². The Balaban J connectivity index is 1.78. The third-order valence-corrected chi connectivity index (χ3v) is 4.44. The maximum Gasteiger partial charge on any atom is 0.219 e. The van der Waals surface area contributed by atoms with Gasteiger partial charge in [-0.3, -0.25) is 4.79 Å². The molecule has 4 heteroatoms. The van der Waals surface area contributed by atoms with Crippen molar-refractivity contribution in [2.24, 2.45) is 5.73 Å². The molecule has 2 N–H and O–H groups in total. The monoisotopic (exact) mass is 259 g/mol. The van der Waals surface area contributed by atoms with Crippen LogP contribution >= 0.6 is 0 Å². The van der Waals surface area contributed by atoms with Gasteiger partial charge in [-0.15, -0.1) is 0 Å². The van der Waals surface area contributed by atoms with Gasteiger partial charge in [0.25, 0.3) is 0 Å². The van der Waals surface area contributed by atoms with E-state index in [-0.39, 0.29) is 5.91 Å². The zero-order valence-electron chi connectivity index (χ0n) is 11.4. The van der Waals surface area contributed by atoms with Crippen molar-refractivity contribution < 1.29 is 4.79 Å². The molecule has 102 valence electrons. The third-order valence-electron chi connectivity index (χ3n) is 4.44. The fourth-order valence-electron chi connectivity index (χ4n) is 3.35. The number of hydrogen-bond donors (Lipinski definition) is 1. The molecule has 0 aromatic heterocycles. The van der Waals surface area contributed by atoms with Crippen LogP contribution in [0, 0.1) is 0 Å². The van der Waals surface area contributed by atoms with Crippen LogP contribution in [0.3, 0.4) is 0 Å². The molecule has 3 saturated heterocycles. The maximum atomic E-state index is 11.6. The molecule has 0 saturated carbocycles. The predicted molar refractivity (Wildman–Crippen MR) is 75.9 cm³/mol. The molecule has 0 aliphatic carbocycles. The van der Waals surface area contributed by atoms with Gasteiger partial charge in [0.15, 0.2) is 0 Å². The Hall–Kier alpha value is -1.55. The highest BCUT2D eigenvalue weighted by Gasteiger charge is 2.39. The van der Waals surface area contributed by atoms with E-state index in [0.29, 0.717) is 18.6 Å². The number of amides is 1. The second kappa shape index (κ2) is 4.85. The van der Waals surface area contributed by atoms with E-state index in [1.54, 1.807) is 6.92 Å². The number of rotatable bonds is 2. The number of fused-ring (bicyclic) bond motifs is 3. The van der Waals surface area contributed by atoms with Crippen LogP contribution < -0.4 is 10.6 Å². The average Bonchev–Trinajstić information content (AvgIpc) is 2.47. The molecule has 3 heterocycles.